The van der Waals surface area contributed by atoms with Gasteiger partial charge in [0.2, 0.25) is 0 Å². The van der Waals surface area contributed by atoms with Gasteiger partial charge in [0.1, 0.15) is 24.9 Å². The molecule has 1 aromatic carbocycles. The number of carbonyl (C=O) groups is 1. The zero-order chi connectivity index (χ0) is 19.3. The van der Waals surface area contributed by atoms with Crippen molar-refractivity contribution in [1.29, 1.82) is 0 Å². The van der Waals surface area contributed by atoms with Crippen molar-refractivity contribution in [3.05, 3.63) is 47.4 Å². The van der Waals surface area contributed by atoms with Crippen molar-refractivity contribution in [2.75, 3.05) is 14.2 Å². The maximum absolute atomic E-state index is 14.1. The van der Waals surface area contributed by atoms with E-state index in [9.17, 15) is 4.39 Å². The number of fused-ring (bicyclic) bond motifs is 1. The van der Waals surface area contributed by atoms with Crippen LogP contribution in [0.15, 0.2) is 30.3 Å². The molecule has 0 saturated heterocycles. The fourth-order valence-electron chi connectivity index (χ4n) is 2.73. The SMILES string of the molecule is COC=O.[B]c1ccc(-c2cc3c(OC)c(C)cc(CC)n3n2)c(F)c1. The van der Waals surface area contributed by atoms with Crippen LogP contribution in [0.4, 0.5) is 4.39 Å². The number of hydrogen-bond acceptors (Lipinski definition) is 4. The maximum atomic E-state index is 14.1. The number of methoxy groups -OCH3 is 2. The Balaban J connectivity index is 0.000000552. The predicted octanol–water partition coefficient (Wildman–Crippen LogP) is 2.60. The van der Waals surface area contributed by atoms with E-state index < -0.39 is 0 Å². The number of ether oxygens (including phenoxy) is 2. The first-order valence-electron chi connectivity index (χ1n) is 8.04. The van der Waals surface area contributed by atoms with Crippen molar-refractivity contribution in [2.24, 2.45) is 0 Å². The Morgan fingerprint density at radius 2 is 1.96 bits per heavy atom. The first kappa shape index (κ1) is 19.5. The molecule has 0 spiro atoms. The van der Waals surface area contributed by atoms with Crippen LogP contribution in [0.25, 0.3) is 16.8 Å². The van der Waals surface area contributed by atoms with Gasteiger partial charge in [0, 0.05) is 11.3 Å². The molecule has 26 heavy (non-hydrogen) atoms. The van der Waals surface area contributed by atoms with Gasteiger partial charge in [-0.1, -0.05) is 24.5 Å². The molecule has 0 aliphatic carbocycles. The number of rotatable bonds is 4. The van der Waals surface area contributed by atoms with E-state index in [0.717, 1.165) is 28.9 Å². The molecule has 5 nitrogen and oxygen atoms in total. The van der Waals surface area contributed by atoms with Gasteiger partial charge in [0.25, 0.3) is 6.47 Å². The largest absolute Gasteiger partial charge is 0.494 e. The molecule has 2 radical (unpaired) electrons. The lowest BCUT2D eigenvalue weighted by molar-refractivity contribution is -0.126. The van der Waals surface area contributed by atoms with E-state index in [1.807, 2.05) is 23.6 Å². The summed E-state index contributed by atoms with van der Waals surface area (Å²) in [6, 6.07) is 8.52. The molecule has 0 aliphatic rings. The van der Waals surface area contributed by atoms with Gasteiger partial charge in [0.05, 0.1) is 19.9 Å². The lowest BCUT2D eigenvalue weighted by atomic mass is 9.94. The molecule has 0 unspecified atom stereocenters. The fourth-order valence-corrected chi connectivity index (χ4v) is 2.73. The molecule has 7 heteroatoms. The molecule has 3 rings (SSSR count). The molecular formula is C19H20BFN2O3. The number of hydrogen-bond donors (Lipinski definition) is 0. The van der Waals surface area contributed by atoms with Gasteiger partial charge in [0.15, 0.2) is 0 Å². The molecule has 0 saturated carbocycles. The second-order valence-electron chi connectivity index (χ2n) is 5.60. The van der Waals surface area contributed by atoms with Crippen molar-refractivity contribution < 1.29 is 18.7 Å². The van der Waals surface area contributed by atoms with Gasteiger partial charge in [-0.05, 0) is 37.1 Å². The van der Waals surface area contributed by atoms with Gasteiger partial charge >= 0.3 is 0 Å². The van der Waals surface area contributed by atoms with E-state index in [0.29, 0.717) is 23.2 Å². The van der Waals surface area contributed by atoms with Crippen molar-refractivity contribution in [2.45, 2.75) is 20.3 Å². The van der Waals surface area contributed by atoms with Gasteiger partial charge in [-0.15, -0.1) is 0 Å². The monoisotopic (exact) mass is 354 g/mol. The number of aryl methyl sites for hydroxylation is 2. The normalized spacial score (nSPS) is 10.2. The summed E-state index contributed by atoms with van der Waals surface area (Å²) in [7, 11) is 8.55. The first-order valence-corrected chi connectivity index (χ1v) is 8.04. The van der Waals surface area contributed by atoms with Gasteiger partial charge in [-0.25, -0.2) is 8.91 Å². The number of aromatic nitrogens is 2. The van der Waals surface area contributed by atoms with Crippen LogP contribution in [-0.4, -0.2) is 38.2 Å². The molecule has 134 valence electrons. The summed E-state index contributed by atoms with van der Waals surface area (Å²) >= 11 is 0. The molecule has 0 bridgehead atoms. The number of benzene rings is 1. The molecule has 2 aromatic heterocycles. The van der Waals surface area contributed by atoms with Crippen molar-refractivity contribution in [1.82, 2.24) is 9.61 Å². The molecular weight excluding hydrogens is 334 g/mol. The van der Waals surface area contributed by atoms with Crippen LogP contribution in [-0.2, 0) is 16.0 Å². The topological polar surface area (TPSA) is 52.8 Å². The van der Waals surface area contributed by atoms with Crippen LogP contribution >= 0.6 is 0 Å². The summed E-state index contributed by atoms with van der Waals surface area (Å²) in [6.07, 6.45) is 0.826. The summed E-state index contributed by atoms with van der Waals surface area (Å²) < 4.78 is 25.3. The highest BCUT2D eigenvalue weighted by Crippen LogP contribution is 2.30. The third-order valence-corrected chi connectivity index (χ3v) is 3.89. The summed E-state index contributed by atoms with van der Waals surface area (Å²) in [4.78, 5) is 8.95. The summed E-state index contributed by atoms with van der Waals surface area (Å²) in [6.45, 7) is 4.43. The average Bonchev–Trinajstić information content (AvgIpc) is 3.05. The third kappa shape index (κ3) is 3.87. The molecule has 0 amide bonds. The predicted molar refractivity (Wildman–Crippen MR) is 99.7 cm³/mol. The Kier molecular flexibility index (Phi) is 6.38. The zero-order valence-corrected chi connectivity index (χ0v) is 15.2. The Hall–Kier alpha value is -2.83. The molecule has 0 atom stereocenters. The highest BCUT2D eigenvalue weighted by atomic mass is 19.1. The highest BCUT2D eigenvalue weighted by Gasteiger charge is 2.15. The molecule has 0 aliphatic heterocycles. The summed E-state index contributed by atoms with van der Waals surface area (Å²) in [5.41, 5.74) is 4.32. The van der Waals surface area contributed by atoms with Crippen LogP contribution in [0.2, 0.25) is 0 Å². The molecule has 3 aromatic rings. The lowest BCUT2D eigenvalue weighted by Crippen LogP contribution is -2.03. The van der Waals surface area contributed by atoms with E-state index in [1.165, 1.54) is 13.2 Å². The van der Waals surface area contributed by atoms with Crippen molar-refractivity contribution >= 4 is 25.3 Å². The molecule has 0 N–H and O–H groups in total. The van der Waals surface area contributed by atoms with E-state index in [-0.39, 0.29) is 5.82 Å². The minimum atomic E-state index is -0.378. The minimum Gasteiger partial charge on any atom is -0.494 e. The Morgan fingerprint density at radius 1 is 1.27 bits per heavy atom. The second kappa shape index (κ2) is 8.51. The number of carbonyl (C=O) groups excluding carboxylic acids is 1. The van der Waals surface area contributed by atoms with Crippen LogP contribution in [0.5, 0.6) is 5.75 Å². The van der Waals surface area contributed by atoms with E-state index >= 15 is 0 Å². The van der Waals surface area contributed by atoms with E-state index in [4.69, 9.17) is 17.4 Å². The second-order valence-corrected chi connectivity index (χ2v) is 5.60. The number of halogens is 1. The number of nitrogens with zero attached hydrogens (tertiary/aromatic N) is 2. The third-order valence-electron chi connectivity index (χ3n) is 3.89. The molecule has 0 fully saturated rings. The van der Waals surface area contributed by atoms with Crippen LogP contribution in [0.1, 0.15) is 18.2 Å². The van der Waals surface area contributed by atoms with E-state index in [2.05, 4.69) is 16.8 Å². The first-order chi connectivity index (χ1) is 12.5. The Bertz CT molecular complexity index is 925. The van der Waals surface area contributed by atoms with Crippen LogP contribution < -0.4 is 10.2 Å². The van der Waals surface area contributed by atoms with Gasteiger partial charge in [-0.2, -0.15) is 5.10 Å². The van der Waals surface area contributed by atoms with Crippen LogP contribution in [0.3, 0.4) is 0 Å². The smallest absolute Gasteiger partial charge is 0.292 e. The Labute approximate surface area is 153 Å². The minimum absolute atomic E-state index is 0.375. The summed E-state index contributed by atoms with van der Waals surface area (Å²) in [5, 5.41) is 4.55. The zero-order valence-electron chi connectivity index (χ0n) is 15.2. The van der Waals surface area contributed by atoms with Crippen molar-refractivity contribution in [3.63, 3.8) is 0 Å². The van der Waals surface area contributed by atoms with Crippen LogP contribution in [0, 0.1) is 12.7 Å². The Morgan fingerprint density at radius 3 is 2.50 bits per heavy atom. The van der Waals surface area contributed by atoms with Crippen molar-refractivity contribution in [3.8, 4) is 17.0 Å². The number of pyridine rings is 1. The maximum Gasteiger partial charge on any atom is 0.292 e. The highest BCUT2D eigenvalue weighted by molar-refractivity contribution is 6.32. The molecule has 2 heterocycles. The lowest BCUT2D eigenvalue weighted by Gasteiger charge is -2.10. The standard InChI is InChI=1S/C17H16BFN2O.C2H4O2/c1-4-12-7-10(2)17(22-3)16-9-15(20-21(12)16)13-6-5-11(18)8-14(13)19;1-4-2-3/h5-9H,4H2,1-3H3;2H,1H3. The van der Waals surface area contributed by atoms with Gasteiger partial charge in [-0.3, -0.25) is 4.79 Å². The van der Waals surface area contributed by atoms with E-state index in [1.54, 1.807) is 19.2 Å². The summed E-state index contributed by atoms with van der Waals surface area (Å²) in [5.74, 6) is 0.379. The quantitative estimate of drug-likeness (QED) is 0.534. The average molecular weight is 354 g/mol. The van der Waals surface area contributed by atoms with Gasteiger partial charge < -0.3 is 9.47 Å². The fraction of sp³-hybridized carbons (Fsp3) is 0.263.